The third-order valence-electron chi connectivity index (χ3n) is 8.86. The van der Waals surface area contributed by atoms with Gasteiger partial charge in [0.2, 0.25) is 5.95 Å². The minimum absolute atomic E-state index is 0.0481. The molecule has 4 heterocycles. The molecule has 5 aromatic rings. The largest absolute Gasteiger partial charge is 0.388 e. The van der Waals surface area contributed by atoms with Crippen LogP contribution in [0, 0.1) is 0 Å². The summed E-state index contributed by atoms with van der Waals surface area (Å²) < 4.78 is 1.85. The van der Waals surface area contributed by atoms with Gasteiger partial charge in [-0.1, -0.05) is 67.6 Å². The van der Waals surface area contributed by atoms with Crippen LogP contribution in [0.15, 0.2) is 67.0 Å². The highest BCUT2D eigenvalue weighted by atomic mass is 16.3. The van der Waals surface area contributed by atoms with Crippen molar-refractivity contribution in [2.75, 3.05) is 29.9 Å². The molecular formula is C31H37N11O2. The zero-order valence-corrected chi connectivity index (χ0v) is 24.6. The monoisotopic (exact) mass is 595 g/mol. The van der Waals surface area contributed by atoms with Crippen LogP contribution in [0.3, 0.4) is 0 Å². The van der Waals surface area contributed by atoms with Crippen molar-refractivity contribution in [1.29, 1.82) is 0 Å². The van der Waals surface area contributed by atoms with Gasteiger partial charge in [-0.2, -0.15) is 14.8 Å². The average molecular weight is 596 g/mol. The van der Waals surface area contributed by atoms with E-state index >= 15 is 0 Å². The van der Waals surface area contributed by atoms with E-state index in [9.17, 15) is 10.2 Å². The van der Waals surface area contributed by atoms with Crippen molar-refractivity contribution in [1.82, 2.24) is 39.7 Å². The summed E-state index contributed by atoms with van der Waals surface area (Å²) in [6.45, 7) is 3.93. The Kier molecular flexibility index (Phi) is 7.66. The lowest BCUT2D eigenvalue weighted by Crippen LogP contribution is -2.31. The maximum Gasteiger partial charge on any atom is 0.229 e. The molecule has 1 aliphatic heterocycles. The lowest BCUT2D eigenvalue weighted by molar-refractivity contribution is 0.00473. The molecule has 1 saturated heterocycles. The normalized spacial score (nSPS) is 23.7. The average Bonchev–Trinajstić information content (AvgIpc) is 3.86. The van der Waals surface area contributed by atoms with Gasteiger partial charge in [0.25, 0.3) is 0 Å². The van der Waals surface area contributed by atoms with E-state index in [0.29, 0.717) is 54.7 Å². The molecule has 13 nitrogen and oxygen atoms in total. The summed E-state index contributed by atoms with van der Waals surface area (Å²) in [6.07, 6.45) is 1.38. The number of tetrazole rings is 1. The first-order valence-corrected chi connectivity index (χ1v) is 15.2. The Morgan fingerprint density at radius 3 is 2.32 bits per heavy atom. The van der Waals surface area contributed by atoms with E-state index in [0.717, 1.165) is 13.0 Å². The van der Waals surface area contributed by atoms with Gasteiger partial charge in [0, 0.05) is 38.0 Å². The van der Waals surface area contributed by atoms with Gasteiger partial charge < -0.3 is 30.7 Å². The minimum Gasteiger partial charge on any atom is -0.388 e. The van der Waals surface area contributed by atoms with Crippen LogP contribution in [0.1, 0.15) is 54.7 Å². The summed E-state index contributed by atoms with van der Waals surface area (Å²) in [5.74, 6) is 1.82. The number of anilines is 2. The first kappa shape index (κ1) is 28.3. The van der Waals surface area contributed by atoms with Crippen molar-refractivity contribution < 1.29 is 10.2 Å². The number of hydrogen-bond acceptors (Lipinski definition) is 11. The van der Waals surface area contributed by atoms with E-state index in [4.69, 9.17) is 20.7 Å². The molecular weight excluding hydrogens is 558 g/mol. The number of aromatic nitrogens is 8. The number of aliphatic hydroxyl groups is 2. The molecule has 13 heteroatoms. The highest BCUT2D eigenvalue weighted by Crippen LogP contribution is 2.40. The van der Waals surface area contributed by atoms with Gasteiger partial charge in [0.05, 0.1) is 12.4 Å². The molecule has 3 aromatic heterocycles. The lowest BCUT2D eigenvalue weighted by Gasteiger charge is -2.22. The van der Waals surface area contributed by atoms with E-state index in [2.05, 4.69) is 74.2 Å². The smallest absolute Gasteiger partial charge is 0.229 e. The van der Waals surface area contributed by atoms with Crippen LogP contribution in [-0.4, -0.2) is 87.8 Å². The number of benzene rings is 2. The van der Waals surface area contributed by atoms with Gasteiger partial charge in [-0.25, -0.2) is 4.98 Å². The van der Waals surface area contributed by atoms with Gasteiger partial charge in [0.1, 0.15) is 18.2 Å². The Labute approximate surface area is 254 Å². The lowest BCUT2D eigenvalue weighted by atomic mass is 9.91. The van der Waals surface area contributed by atoms with Crippen LogP contribution in [0.2, 0.25) is 0 Å². The van der Waals surface area contributed by atoms with E-state index in [1.807, 2.05) is 23.6 Å². The highest BCUT2D eigenvalue weighted by molar-refractivity contribution is 5.84. The zero-order chi connectivity index (χ0) is 30.2. The van der Waals surface area contributed by atoms with E-state index < -0.39 is 24.3 Å². The number of fused-ring (bicyclic) bond motifs is 1. The van der Waals surface area contributed by atoms with Crippen molar-refractivity contribution in [3.8, 4) is 0 Å². The number of nitrogens with zero attached hydrogens (tertiary/aromatic N) is 9. The maximum absolute atomic E-state index is 11.2. The summed E-state index contributed by atoms with van der Waals surface area (Å²) in [5, 5.41) is 38.4. The number of aryl methyl sites for hydroxylation is 1. The molecule has 1 saturated carbocycles. The second-order valence-corrected chi connectivity index (χ2v) is 11.7. The first-order valence-electron chi connectivity index (χ1n) is 15.2. The van der Waals surface area contributed by atoms with Crippen molar-refractivity contribution in [3.63, 3.8) is 0 Å². The number of nitrogens with two attached hydrogens (primary N) is 1. The van der Waals surface area contributed by atoms with E-state index in [1.54, 1.807) is 6.33 Å². The van der Waals surface area contributed by atoms with Crippen LogP contribution in [0.25, 0.3) is 11.2 Å². The molecule has 44 heavy (non-hydrogen) atoms. The summed E-state index contributed by atoms with van der Waals surface area (Å²) in [4.78, 5) is 18.1. The molecule has 0 amide bonds. The molecule has 1 aliphatic carbocycles. The quantitative estimate of drug-likeness (QED) is 0.197. The topological polar surface area (TPSA) is 169 Å². The molecule has 228 valence electrons. The Bertz CT molecular complexity index is 1670. The van der Waals surface area contributed by atoms with Gasteiger partial charge in [0.15, 0.2) is 22.8 Å². The molecule has 5 atom stereocenters. The fourth-order valence-electron chi connectivity index (χ4n) is 6.41. The SMILES string of the molecule is CCc1nnn([C@H]2C[C@@H](n3cnc4c(NCC(c5ccccc5)c5ccccc5)nc(N5CC[C@@H](N)C5)nc43)[C@H](O)[C@@H]2O)n1. The third-order valence-corrected chi connectivity index (χ3v) is 8.86. The van der Waals surface area contributed by atoms with Gasteiger partial charge in [-0.3, -0.25) is 0 Å². The number of aliphatic hydroxyl groups excluding tert-OH is 2. The van der Waals surface area contributed by atoms with Crippen LogP contribution in [-0.2, 0) is 6.42 Å². The Balaban J connectivity index is 1.25. The molecule has 0 radical (unpaired) electrons. The van der Waals surface area contributed by atoms with Crippen molar-refractivity contribution >= 4 is 22.9 Å². The van der Waals surface area contributed by atoms with Crippen molar-refractivity contribution in [2.24, 2.45) is 5.73 Å². The molecule has 0 bridgehead atoms. The molecule has 2 aromatic carbocycles. The predicted octanol–water partition coefficient (Wildman–Crippen LogP) is 2.06. The molecule has 7 rings (SSSR count). The molecule has 2 aliphatic rings. The van der Waals surface area contributed by atoms with Crippen LogP contribution < -0.4 is 16.0 Å². The summed E-state index contributed by atoms with van der Waals surface area (Å²) in [6, 6.07) is 19.8. The Morgan fingerprint density at radius 2 is 1.68 bits per heavy atom. The Hall–Kier alpha value is -4.46. The molecule has 0 unspecified atom stereocenters. The fourth-order valence-corrected chi connectivity index (χ4v) is 6.41. The number of rotatable bonds is 9. The minimum atomic E-state index is -1.08. The fraction of sp³-hybridized carbons (Fsp3) is 0.419. The van der Waals surface area contributed by atoms with E-state index in [1.165, 1.54) is 15.9 Å². The molecule has 5 N–H and O–H groups in total. The second-order valence-electron chi connectivity index (χ2n) is 11.7. The standard InChI is InChI=1S/C31H37N11O2/c1-2-25-37-39-42(38-25)24-15-23(27(43)28(24)44)41-18-34-26-29(35-31(36-30(26)41)40-14-13-21(32)17-40)33-16-22(19-9-5-3-6-10-19)20-11-7-4-8-12-20/h3-12,18,21-24,27-28,43-44H,2,13-17,32H2,1H3,(H,33,35,36)/t21-,23-,24+,27+,28-/m1/s1. The number of imidazole rings is 1. The van der Waals surface area contributed by atoms with Gasteiger partial charge in [-0.05, 0) is 29.2 Å². The summed E-state index contributed by atoms with van der Waals surface area (Å²) in [5.41, 5.74) is 9.80. The van der Waals surface area contributed by atoms with Gasteiger partial charge in [-0.15, -0.1) is 10.2 Å². The molecule has 2 fully saturated rings. The van der Waals surface area contributed by atoms with Crippen molar-refractivity contribution in [3.05, 3.63) is 83.9 Å². The van der Waals surface area contributed by atoms with Crippen LogP contribution in [0.4, 0.5) is 11.8 Å². The highest BCUT2D eigenvalue weighted by Gasteiger charge is 2.45. The maximum atomic E-state index is 11.2. The number of hydrogen-bond donors (Lipinski definition) is 4. The second kappa shape index (κ2) is 11.9. The van der Waals surface area contributed by atoms with E-state index in [-0.39, 0.29) is 12.0 Å². The van der Waals surface area contributed by atoms with Gasteiger partial charge >= 0.3 is 0 Å². The Morgan fingerprint density at radius 1 is 0.977 bits per heavy atom. The number of nitrogens with one attached hydrogen (secondary N) is 1. The predicted molar refractivity (Wildman–Crippen MR) is 165 cm³/mol. The van der Waals surface area contributed by atoms with Crippen LogP contribution >= 0.6 is 0 Å². The first-order chi connectivity index (χ1) is 21.5. The van der Waals surface area contributed by atoms with Crippen LogP contribution in [0.5, 0.6) is 0 Å². The summed E-state index contributed by atoms with van der Waals surface area (Å²) >= 11 is 0. The van der Waals surface area contributed by atoms with Crippen molar-refractivity contribution in [2.45, 2.75) is 62.4 Å². The third kappa shape index (κ3) is 5.27. The molecule has 0 spiro atoms. The summed E-state index contributed by atoms with van der Waals surface area (Å²) in [7, 11) is 0. The zero-order valence-electron chi connectivity index (χ0n) is 24.6.